The van der Waals surface area contributed by atoms with Crippen LogP contribution >= 0.6 is 0 Å². The minimum absolute atomic E-state index is 0.120. The van der Waals surface area contributed by atoms with Crippen molar-refractivity contribution in [3.8, 4) is 6.07 Å². The summed E-state index contributed by atoms with van der Waals surface area (Å²) in [5, 5.41) is 15.7. The largest absolute Gasteiger partial charge is 0.381 e. The van der Waals surface area contributed by atoms with Gasteiger partial charge in [-0.05, 0) is 30.5 Å². The minimum atomic E-state index is -0.738. The molecule has 2 N–H and O–H groups in total. The summed E-state index contributed by atoms with van der Waals surface area (Å²) in [5.41, 5.74) is 3.71. The summed E-state index contributed by atoms with van der Waals surface area (Å²) >= 11 is 0. The summed E-state index contributed by atoms with van der Waals surface area (Å²) in [6.45, 7) is 4.83. The first-order chi connectivity index (χ1) is 17.9. The highest BCUT2D eigenvalue weighted by molar-refractivity contribution is 5.89. The summed E-state index contributed by atoms with van der Waals surface area (Å²) in [5.74, 6) is -0.369. The van der Waals surface area contributed by atoms with Crippen molar-refractivity contribution in [1.29, 1.82) is 5.26 Å². The summed E-state index contributed by atoms with van der Waals surface area (Å²) in [7, 11) is 0. The molecule has 6 heteroatoms. The van der Waals surface area contributed by atoms with Gasteiger partial charge in [-0.1, -0.05) is 85.0 Å². The lowest BCUT2D eigenvalue weighted by Crippen LogP contribution is -2.50. The Balaban J connectivity index is 1.54. The number of hydrogen-bond donors (Lipinski definition) is 2. The Morgan fingerprint density at radius 1 is 1.08 bits per heavy atom. The minimum Gasteiger partial charge on any atom is -0.381 e. The third-order valence-corrected chi connectivity index (χ3v) is 7.25. The standard InChI is InChI=1S/C31H34N4O2/c1-23-26(31(2)17-10-9-16-28(31)33-23)21-29(36)34-27(20-24-12-5-3-6-13-24)30(37)35(19-11-18-32)22-25-14-7-4-8-15-25/h3-10,12-17,27-28,33H,11,19-22H2,1-2H3,(H,34,36)/t27-,28?,31?/m0/s1. The number of nitrogens with one attached hydrogen (secondary N) is 2. The Hall–Kier alpha value is -4.11. The van der Waals surface area contributed by atoms with Crippen LogP contribution < -0.4 is 10.6 Å². The highest BCUT2D eigenvalue weighted by Gasteiger charge is 2.42. The smallest absolute Gasteiger partial charge is 0.245 e. The Bertz CT molecular complexity index is 1240. The molecule has 2 aromatic carbocycles. The SMILES string of the molecule is CC1=C(CC(=O)N[C@@H](Cc2ccccc2)C(=O)N(CCC#N)Cc2ccccc2)C2(C)C=CC=CC2N1. The molecule has 0 fully saturated rings. The average molecular weight is 495 g/mol. The normalized spacial score (nSPS) is 20.5. The highest BCUT2D eigenvalue weighted by atomic mass is 16.2. The van der Waals surface area contributed by atoms with E-state index in [0.29, 0.717) is 19.5 Å². The second kappa shape index (κ2) is 11.7. The lowest BCUT2D eigenvalue weighted by Gasteiger charge is -2.32. The van der Waals surface area contributed by atoms with E-state index in [2.05, 4.69) is 35.8 Å². The van der Waals surface area contributed by atoms with Crippen LogP contribution in [0.25, 0.3) is 0 Å². The van der Waals surface area contributed by atoms with Crippen molar-refractivity contribution in [3.05, 3.63) is 107 Å². The molecule has 6 nitrogen and oxygen atoms in total. The third-order valence-electron chi connectivity index (χ3n) is 7.25. The monoisotopic (exact) mass is 494 g/mol. The van der Waals surface area contributed by atoms with E-state index in [-0.39, 0.29) is 36.1 Å². The number of fused-ring (bicyclic) bond motifs is 1. The van der Waals surface area contributed by atoms with E-state index in [1.54, 1.807) is 4.90 Å². The first kappa shape index (κ1) is 26.0. The van der Waals surface area contributed by atoms with Crippen LogP contribution in [0.5, 0.6) is 0 Å². The number of nitrogens with zero attached hydrogens (tertiary/aromatic N) is 2. The van der Waals surface area contributed by atoms with E-state index in [1.807, 2.05) is 79.7 Å². The maximum atomic E-state index is 13.8. The molecule has 0 saturated carbocycles. The van der Waals surface area contributed by atoms with Crippen LogP contribution in [0, 0.1) is 16.7 Å². The fourth-order valence-corrected chi connectivity index (χ4v) is 5.20. The molecule has 1 aliphatic heterocycles. The number of carbonyl (C=O) groups is 2. The molecular formula is C31H34N4O2. The number of allylic oxidation sites excluding steroid dienone is 3. The van der Waals surface area contributed by atoms with Gasteiger partial charge in [0.15, 0.2) is 0 Å². The molecule has 1 heterocycles. The van der Waals surface area contributed by atoms with E-state index in [9.17, 15) is 14.9 Å². The number of benzene rings is 2. The predicted molar refractivity (Wildman–Crippen MR) is 145 cm³/mol. The molecule has 0 saturated heterocycles. The Morgan fingerprint density at radius 2 is 1.76 bits per heavy atom. The average Bonchev–Trinajstić information content (AvgIpc) is 3.16. The molecule has 0 spiro atoms. The van der Waals surface area contributed by atoms with Gasteiger partial charge >= 0.3 is 0 Å². The maximum absolute atomic E-state index is 13.8. The molecule has 0 bridgehead atoms. The van der Waals surface area contributed by atoms with Crippen LogP contribution in [0.2, 0.25) is 0 Å². The molecule has 4 rings (SSSR count). The first-order valence-corrected chi connectivity index (χ1v) is 12.8. The second-order valence-electron chi connectivity index (χ2n) is 9.89. The van der Waals surface area contributed by atoms with Crippen LogP contribution in [0.15, 0.2) is 96.2 Å². The van der Waals surface area contributed by atoms with Crippen molar-refractivity contribution >= 4 is 11.8 Å². The fourth-order valence-electron chi connectivity index (χ4n) is 5.20. The van der Waals surface area contributed by atoms with Gasteiger partial charge in [0.1, 0.15) is 6.04 Å². The molecule has 0 aromatic heterocycles. The predicted octanol–water partition coefficient (Wildman–Crippen LogP) is 4.42. The summed E-state index contributed by atoms with van der Waals surface area (Å²) in [6, 6.07) is 20.9. The van der Waals surface area contributed by atoms with Gasteiger partial charge in [0.25, 0.3) is 0 Å². The first-order valence-electron chi connectivity index (χ1n) is 12.8. The second-order valence-corrected chi connectivity index (χ2v) is 9.89. The van der Waals surface area contributed by atoms with Crippen molar-refractivity contribution in [2.24, 2.45) is 5.41 Å². The Morgan fingerprint density at radius 3 is 2.43 bits per heavy atom. The molecule has 3 atom stereocenters. The Labute approximate surface area is 219 Å². The van der Waals surface area contributed by atoms with Gasteiger partial charge in [0.2, 0.25) is 11.8 Å². The van der Waals surface area contributed by atoms with Crippen molar-refractivity contribution in [1.82, 2.24) is 15.5 Å². The van der Waals surface area contributed by atoms with Gasteiger partial charge in [-0.15, -0.1) is 0 Å². The number of amides is 2. The van der Waals surface area contributed by atoms with Gasteiger partial charge in [0.05, 0.1) is 25.0 Å². The van der Waals surface area contributed by atoms with Crippen molar-refractivity contribution in [3.63, 3.8) is 0 Å². The number of nitriles is 1. The quantitative estimate of drug-likeness (QED) is 0.512. The summed E-state index contributed by atoms with van der Waals surface area (Å²) in [4.78, 5) is 28.9. The van der Waals surface area contributed by atoms with Crippen molar-refractivity contribution in [2.75, 3.05) is 6.54 Å². The van der Waals surface area contributed by atoms with Crippen molar-refractivity contribution in [2.45, 2.75) is 51.7 Å². The molecular weight excluding hydrogens is 460 g/mol. The number of hydrogen-bond acceptors (Lipinski definition) is 4. The van der Waals surface area contributed by atoms with Crippen LogP contribution in [-0.2, 0) is 22.6 Å². The van der Waals surface area contributed by atoms with Gasteiger partial charge in [-0.3, -0.25) is 9.59 Å². The lowest BCUT2D eigenvalue weighted by atomic mass is 9.74. The van der Waals surface area contributed by atoms with Crippen LogP contribution in [-0.4, -0.2) is 35.3 Å². The topological polar surface area (TPSA) is 85.2 Å². The maximum Gasteiger partial charge on any atom is 0.245 e. The van der Waals surface area contributed by atoms with E-state index >= 15 is 0 Å². The van der Waals surface area contributed by atoms with E-state index in [1.165, 1.54) is 0 Å². The summed E-state index contributed by atoms with van der Waals surface area (Å²) in [6.07, 6.45) is 9.11. The number of carbonyl (C=O) groups excluding carboxylic acids is 2. The molecule has 2 amide bonds. The van der Waals surface area contributed by atoms with E-state index in [0.717, 1.165) is 22.4 Å². The van der Waals surface area contributed by atoms with E-state index in [4.69, 9.17) is 0 Å². The molecule has 0 radical (unpaired) electrons. The fraction of sp³-hybridized carbons (Fsp3) is 0.323. The lowest BCUT2D eigenvalue weighted by molar-refractivity contribution is -0.136. The zero-order chi connectivity index (χ0) is 26.3. The third kappa shape index (κ3) is 6.18. The van der Waals surface area contributed by atoms with Gasteiger partial charge in [-0.25, -0.2) is 0 Å². The number of rotatable bonds is 10. The molecule has 190 valence electrons. The molecule has 2 aliphatic rings. The van der Waals surface area contributed by atoms with Crippen LogP contribution in [0.3, 0.4) is 0 Å². The Kier molecular flexibility index (Phi) is 8.25. The molecule has 37 heavy (non-hydrogen) atoms. The van der Waals surface area contributed by atoms with Gasteiger partial charge in [0, 0.05) is 30.6 Å². The van der Waals surface area contributed by atoms with Crippen LogP contribution in [0.4, 0.5) is 0 Å². The van der Waals surface area contributed by atoms with Crippen LogP contribution in [0.1, 0.15) is 37.8 Å². The molecule has 2 unspecified atom stereocenters. The molecule has 2 aromatic rings. The highest BCUT2D eigenvalue weighted by Crippen LogP contribution is 2.43. The van der Waals surface area contributed by atoms with Crippen molar-refractivity contribution < 1.29 is 9.59 Å². The van der Waals surface area contributed by atoms with E-state index < -0.39 is 6.04 Å². The summed E-state index contributed by atoms with van der Waals surface area (Å²) < 4.78 is 0. The van der Waals surface area contributed by atoms with Gasteiger partial charge in [-0.2, -0.15) is 5.26 Å². The zero-order valence-electron chi connectivity index (χ0n) is 21.5. The van der Waals surface area contributed by atoms with Gasteiger partial charge < -0.3 is 15.5 Å². The molecule has 1 aliphatic carbocycles. The zero-order valence-corrected chi connectivity index (χ0v) is 21.5.